The number of hydrogen-bond acceptors (Lipinski definition) is 5. The molecule has 1 aliphatic rings. The van der Waals surface area contributed by atoms with Gasteiger partial charge in [0.05, 0.1) is 6.10 Å². The minimum Gasteiger partial charge on any atom is -0.393 e. The van der Waals surface area contributed by atoms with Gasteiger partial charge in [-0.2, -0.15) is 0 Å². The van der Waals surface area contributed by atoms with E-state index in [0.717, 1.165) is 43.1 Å². The molecule has 1 aliphatic carbocycles. The molecule has 0 bridgehead atoms. The lowest BCUT2D eigenvalue weighted by molar-refractivity contribution is 0.0835. The highest BCUT2D eigenvalue weighted by atomic mass is 16.3. The highest BCUT2D eigenvalue weighted by Gasteiger charge is 2.27. The summed E-state index contributed by atoms with van der Waals surface area (Å²) in [4.78, 5) is 8.87. The number of nitrogens with zero attached hydrogens (tertiary/aromatic N) is 2. The molecule has 1 heterocycles. The van der Waals surface area contributed by atoms with Crippen LogP contribution in [0.25, 0.3) is 0 Å². The van der Waals surface area contributed by atoms with E-state index in [1.165, 1.54) is 0 Å². The first-order valence-corrected chi connectivity index (χ1v) is 6.21. The summed E-state index contributed by atoms with van der Waals surface area (Å²) in [5, 5.41) is 15.6. The maximum absolute atomic E-state index is 9.25. The van der Waals surface area contributed by atoms with Gasteiger partial charge < -0.3 is 15.7 Å². The van der Waals surface area contributed by atoms with Gasteiger partial charge in [0.1, 0.15) is 17.5 Å². The van der Waals surface area contributed by atoms with Crippen LogP contribution in [0.4, 0.5) is 11.6 Å². The van der Waals surface area contributed by atoms with E-state index in [-0.39, 0.29) is 6.10 Å². The fourth-order valence-electron chi connectivity index (χ4n) is 1.95. The van der Waals surface area contributed by atoms with Gasteiger partial charge in [-0.15, -0.1) is 0 Å². The highest BCUT2D eigenvalue weighted by Crippen LogP contribution is 2.24. The van der Waals surface area contributed by atoms with Crippen molar-refractivity contribution in [2.45, 2.75) is 44.8 Å². The molecule has 0 aliphatic heterocycles. The second kappa shape index (κ2) is 5.31. The van der Waals surface area contributed by atoms with E-state index in [1.807, 2.05) is 13.1 Å². The Bertz CT molecular complexity index is 377. The van der Waals surface area contributed by atoms with Crippen molar-refractivity contribution in [1.82, 2.24) is 9.97 Å². The highest BCUT2D eigenvalue weighted by molar-refractivity contribution is 5.48. The molecule has 17 heavy (non-hydrogen) atoms. The largest absolute Gasteiger partial charge is 0.393 e. The Morgan fingerprint density at radius 2 is 2.06 bits per heavy atom. The lowest BCUT2D eigenvalue weighted by atomic mass is 9.89. The smallest absolute Gasteiger partial charge is 0.133 e. The molecule has 1 aromatic heterocycles. The molecular weight excluding hydrogens is 216 g/mol. The van der Waals surface area contributed by atoms with Crippen molar-refractivity contribution in [3.63, 3.8) is 0 Å². The monoisotopic (exact) mass is 236 g/mol. The van der Waals surface area contributed by atoms with Gasteiger partial charge in [0.2, 0.25) is 0 Å². The van der Waals surface area contributed by atoms with Crippen molar-refractivity contribution in [1.29, 1.82) is 0 Å². The number of rotatable bonds is 5. The molecule has 5 nitrogen and oxygen atoms in total. The van der Waals surface area contributed by atoms with Crippen LogP contribution >= 0.6 is 0 Å². The predicted molar refractivity (Wildman–Crippen MR) is 68.2 cm³/mol. The molecule has 1 fully saturated rings. The summed E-state index contributed by atoms with van der Waals surface area (Å²) < 4.78 is 0. The first kappa shape index (κ1) is 12.1. The molecule has 0 aromatic carbocycles. The van der Waals surface area contributed by atoms with Crippen LogP contribution in [-0.4, -0.2) is 34.3 Å². The van der Waals surface area contributed by atoms with E-state index in [1.54, 1.807) is 0 Å². The predicted octanol–water partition coefficient (Wildman–Crippen LogP) is 1.41. The minimum atomic E-state index is -0.145. The van der Waals surface area contributed by atoms with Crippen LogP contribution in [0.3, 0.4) is 0 Å². The normalized spacial score (nSPS) is 23.0. The lowest BCUT2D eigenvalue weighted by Gasteiger charge is -2.32. The van der Waals surface area contributed by atoms with Crippen molar-refractivity contribution < 1.29 is 5.11 Å². The fraction of sp³-hybridized carbons (Fsp3) is 0.667. The molecule has 0 spiro atoms. The summed E-state index contributed by atoms with van der Waals surface area (Å²) in [6, 6.07) is 2.25. The summed E-state index contributed by atoms with van der Waals surface area (Å²) in [7, 11) is 1.86. The number of aromatic nitrogens is 2. The third-order valence-corrected chi connectivity index (χ3v) is 2.97. The van der Waals surface area contributed by atoms with E-state index < -0.39 is 0 Å². The van der Waals surface area contributed by atoms with Gasteiger partial charge in [-0.05, 0) is 19.3 Å². The molecule has 1 saturated carbocycles. The molecule has 0 radical (unpaired) electrons. The van der Waals surface area contributed by atoms with Crippen molar-refractivity contribution in [3.8, 4) is 0 Å². The molecule has 94 valence electrons. The number of nitrogens with one attached hydrogen (secondary N) is 2. The van der Waals surface area contributed by atoms with Crippen molar-refractivity contribution in [2.75, 3.05) is 17.7 Å². The number of aryl methyl sites for hydroxylation is 1. The Kier molecular flexibility index (Phi) is 3.78. The van der Waals surface area contributed by atoms with Gasteiger partial charge in [0.15, 0.2) is 0 Å². The zero-order valence-electron chi connectivity index (χ0n) is 10.4. The van der Waals surface area contributed by atoms with Crippen LogP contribution in [0.15, 0.2) is 6.07 Å². The Hall–Kier alpha value is -1.36. The van der Waals surface area contributed by atoms with Gasteiger partial charge in [-0.3, -0.25) is 0 Å². The number of hydrogen-bond donors (Lipinski definition) is 3. The quantitative estimate of drug-likeness (QED) is 0.721. The molecule has 0 saturated heterocycles. The fourth-order valence-corrected chi connectivity index (χ4v) is 1.95. The molecule has 0 atom stereocenters. The second-order valence-electron chi connectivity index (χ2n) is 4.52. The SMILES string of the molecule is CCCc1nc(NC)cc(NC2CC(O)C2)n1. The van der Waals surface area contributed by atoms with Crippen LogP contribution in [0.5, 0.6) is 0 Å². The first-order valence-electron chi connectivity index (χ1n) is 6.21. The zero-order chi connectivity index (χ0) is 12.3. The number of anilines is 2. The molecule has 5 heteroatoms. The van der Waals surface area contributed by atoms with Gasteiger partial charge in [-0.1, -0.05) is 6.92 Å². The van der Waals surface area contributed by atoms with E-state index in [9.17, 15) is 5.11 Å². The first-order chi connectivity index (χ1) is 8.21. The Labute approximate surface area is 102 Å². The van der Waals surface area contributed by atoms with Crippen LogP contribution in [0, 0.1) is 0 Å². The topological polar surface area (TPSA) is 70.1 Å². The van der Waals surface area contributed by atoms with E-state index in [4.69, 9.17) is 0 Å². The summed E-state index contributed by atoms with van der Waals surface area (Å²) in [5.41, 5.74) is 0. The molecule has 3 N–H and O–H groups in total. The standard InChI is InChI=1S/C12H20N4O/c1-3-4-10-15-11(13-2)7-12(16-10)14-8-5-9(17)6-8/h7-9,17H,3-6H2,1-2H3,(H2,13,14,15,16). The van der Waals surface area contributed by atoms with Gasteiger partial charge >= 0.3 is 0 Å². The van der Waals surface area contributed by atoms with E-state index >= 15 is 0 Å². The summed E-state index contributed by atoms with van der Waals surface area (Å²) >= 11 is 0. The summed E-state index contributed by atoms with van der Waals surface area (Å²) in [6.07, 6.45) is 3.39. The van der Waals surface area contributed by atoms with Gasteiger partial charge in [-0.25, -0.2) is 9.97 Å². The summed E-state index contributed by atoms with van der Waals surface area (Å²) in [6.45, 7) is 2.12. The molecule has 2 rings (SSSR count). The Morgan fingerprint density at radius 1 is 1.35 bits per heavy atom. The average Bonchev–Trinajstić information content (AvgIpc) is 2.27. The Morgan fingerprint density at radius 3 is 2.65 bits per heavy atom. The van der Waals surface area contributed by atoms with Crippen molar-refractivity contribution in [3.05, 3.63) is 11.9 Å². The lowest BCUT2D eigenvalue weighted by Crippen LogP contribution is -2.39. The maximum atomic E-state index is 9.25. The average molecular weight is 236 g/mol. The van der Waals surface area contributed by atoms with Crippen molar-refractivity contribution in [2.24, 2.45) is 0 Å². The van der Waals surface area contributed by atoms with Crippen molar-refractivity contribution >= 4 is 11.6 Å². The molecule has 0 amide bonds. The second-order valence-corrected chi connectivity index (χ2v) is 4.52. The number of aliphatic hydroxyl groups is 1. The van der Waals surface area contributed by atoms with E-state index in [0.29, 0.717) is 6.04 Å². The minimum absolute atomic E-state index is 0.145. The van der Waals surface area contributed by atoms with Crippen LogP contribution in [0.2, 0.25) is 0 Å². The van der Waals surface area contributed by atoms with Gasteiger partial charge in [0, 0.05) is 25.6 Å². The van der Waals surface area contributed by atoms with Crippen LogP contribution in [-0.2, 0) is 6.42 Å². The van der Waals surface area contributed by atoms with E-state index in [2.05, 4.69) is 27.5 Å². The third kappa shape index (κ3) is 3.06. The third-order valence-electron chi connectivity index (χ3n) is 2.97. The molecule has 1 aromatic rings. The van der Waals surface area contributed by atoms with Crippen LogP contribution < -0.4 is 10.6 Å². The molecule has 0 unspecified atom stereocenters. The van der Waals surface area contributed by atoms with Gasteiger partial charge in [0.25, 0.3) is 0 Å². The van der Waals surface area contributed by atoms with Crippen LogP contribution in [0.1, 0.15) is 32.0 Å². The Balaban J connectivity index is 2.06. The number of aliphatic hydroxyl groups excluding tert-OH is 1. The zero-order valence-corrected chi connectivity index (χ0v) is 10.4. The summed E-state index contributed by atoms with van der Waals surface area (Å²) in [5.74, 6) is 2.55. The molecular formula is C12H20N4O. The maximum Gasteiger partial charge on any atom is 0.133 e.